The van der Waals surface area contributed by atoms with Crippen LogP contribution in [0, 0.1) is 0 Å². The van der Waals surface area contributed by atoms with Crippen LogP contribution in [0.25, 0.3) is 0 Å². The van der Waals surface area contributed by atoms with Crippen molar-refractivity contribution in [2.45, 2.75) is 142 Å². The first-order valence-electron chi connectivity index (χ1n) is 12.1. The Bertz CT molecular complexity index is 305. The third-order valence-electron chi connectivity index (χ3n) is 5.35. The lowest BCUT2D eigenvalue weighted by molar-refractivity contribution is -0.121. The summed E-state index contributed by atoms with van der Waals surface area (Å²) in [5, 5.41) is 11.9. The van der Waals surface area contributed by atoms with Gasteiger partial charge >= 0.3 is 0 Å². The number of hydrogen-bond acceptors (Lipinski definition) is 2. The Morgan fingerprint density at radius 3 is 1.33 bits per heavy atom. The van der Waals surface area contributed by atoms with Crippen molar-refractivity contribution in [3.05, 3.63) is 0 Å². The fourth-order valence-electron chi connectivity index (χ4n) is 3.54. The van der Waals surface area contributed by atoms with Gasteiger partial charge in [-0.25, -0.2) is 0 Å². The number of aliphatic hydroxyl groups excluding tert-OH is 1. The van der Waals surface area contributed by atoms with E-state index >= 15 is 0 Å². The average Bonchev–Trinajstić information content (AvgIpc) is 2.65. The molecule has 0 saturated carbocycles. The molecule has 1 amide bonds. The van der Waals surface area contributed by atoms with Crippen molar-refractivity contribution in [2.24, 2.45) is 0 Å². The standard InChI is InChI=1S/C24H49NO2/c1-3-4-5-6-7-8-9-10-11-12-13-14-15-16-17-18-19-20-21-24(27)25-22-23(2)26/h23,26H,3-22H2,1-2H3,(H,25,27). The van der Waals surface area contributed by atoms with E-state index in [0.717, 1.165) is 12.8 Å². The molecule has 0 aliphatic rings. The second-order valence-corrected chi connectivity index (χ2v) is 8.41. The topological polar surface area (TPSA) is 49.3 Å². The molecule has 0 aromatic rings. The smallest absolute Gasteiger partial charge is 0.220 e. The molecule has 3 nitrogen and oxygen atoms in total. The van der Waals surface area contributed by atoms with Crippen molar-refractivity contribution in [1.82, 2.24) is 5.32 Å². The highest BCUT2D eigenvalue weighted by Gasteiger charge is 2.02. The second-order valence-electron chi connectivity index (χ2n) is 8.41. The summed E-state index contributed by atoms with van der Waals surface area (Å²) >= 11 is 0. The normalized spacial score (nSPS) is 12.3. The molecule has 27 heavy (non-hydrogen) atoms. The van der Waals surface area contributed by atoms with E-state index in [1.165, 1.54) is 103 Å². The first-order valence-corrected chi connectivity index (χ1v) is 12.1. The summed E-state index contributed by atoms with van der Waals surface area (Å²) < 4.78 is 0. The van der Waals surface area contributed by atoms with E-state index < -0.39 is 6.10 Å². The molecule has 1 atom stereocenters. The Morgan fingerprint density at radius 2 is 1.00 bits per heavy atom. The lowest BCUT2D eigenvalue weighted by atomic mass is 10.0. The molecular weight excluding hydrogens is 334 g/mol. The summed E-state index contributed by atoms with van der Waals surface area (Å²) in [6.07, 6.45) is 24.7. The third-order valence-corrected chi connectivity index (χ3v) is 5.35. The molecule has 0 aromatic heterocycles. The Balaban J connectivity index is 3.08. The monoisotopic (exact) mass is 383 g/mol. The van der Waals surface area contributed by atoms with Crippen LogP contribution in [0.5, 0.6) is 0 Å². The highest BCUT2D eigenvalue weighted by Crippen LogP contribution is 2.14. The van der Waals surface area contributed by atoms with Crippen molar-refractivity contribution >= 4 is 5.91 Å². The Hall–Kier alpha value is -0.570. The Labute approximate surface area is 170 Å². The van der Waals surface area contributed by atoms with Gasteiger partial charge in [0.2, 0.25) is 5.91 Å². The summed E-state index contributed by atoms with van der Waals surface area (Å²) in [7, 11) is 0. The number of nitrogens with one attached hydrogen (secondary N) is 1. The summed E-state index contributed by atoms with van der Waals surface area (Å²) in [4.78, 5) is 11.5. The van der Waals surface area contributed by atoms with Gasteiger partial charge < -0.3 is 10.4 Å². The number of carbonyl (C=O) groups is 1. The molecule has 3 heteroatoms. The van der Waals surface area contributed by atoms with Crippen LogP contribution in [0.1, 0.15) is 136 Å². The Morgan fingerprint density at radius 1 is 0.667 bits per heavy atom. The van der Waals surface area contributed by atoms with E-state index in [1.54, 1.807) is 6.92 Å². The van der Waals surface area contributed by atoms with E-state index in [-0.39, 0.29) is 5.91 Å². The summed E-state index contributed by atoms with van der Waals surface area (Å²) in [5.41, 5.74) is 0. The van der Waals surface area contributed by atoms with Gasteiger partial charge in [-0.05, 0) is 13.3 Å². The summed E-state index contributed by atoms with van der Waals surface area (Å²) in [6, 6.07) is 0. The van der Waals surface area contributed by atoms with E-state index in [4.69, 9.17) is 5.11 Å². The number of aliphatic hydroxyl groups is 1. The summed E-state index contributed by atoms with van der Waals surface area (Å²) in [6.45, 7) is 4.35. The van der Waals surface area contributed by atoms with Gasteiger partial charge in [-0.1, -0.05) is 116 Å². The number of carbonyl (C=O) groups excluding carboxylic acids is 1. The Kier molecular flexibility index (Phi) is 21.3. The first-order chi connectivity index (χ1) is 13.2. The lowest BCUT2D eigenvalue weighted by Crippen LogP contribution is -2.30. The molecular formula is C24H49NO2. The van der Waals surface area contributed by atoms with Crippen LogP contribution in [-0.2, 0) is 4.79 Å². The lowest BCUT2D eigenvalue weighted by Gasteiger charge is -2.07. The van der Waals surface area contributed by atoms with Crippen molar-refractivity contribution in [3.8, 4) is 0 Å². The molecule has 0 radical (unpaired) electrons. The van der Waals surface area contributed by atoms with Gasteiger partial charge in [0.25, 0.3) is 0 Å². The van der Waals surface area contributed by atoms with Gasteiger partial charge in [0.15, 0.2) is 0 Å². The van der Waals surface area contributed by atoms with Gasteiger partial charge in [0.05, 0.1) is 6.10 Å². The van der Waals surface area contributed by atoms with E-state index in [9.17, 15) is 4.79 Å². The molecule has 162 valence electrons. The zero-order valence-electron chi connectivity index (χ0n) is 18.6. The van der Waals surface area contributed by atoms with E-state index in [2.05, 4.69) is 12.2 Å². The molecule has 1 unspecified atom stereocenters. The molecule has 0 aliphatic heterocycles. The van der Waals surface area contributed by atoms with Crippen LogP contribution in [-0.4, -0.2) is 23.7 Å². The quantitative estimate of drug-likeness (QED) is 0.211. The maximum atomic E-state index is 11.5. The van der Waals surface area contributed by atoms with Gasteiger partial charge in [0.1, 0.15) is 0 Å². The van der Waals surface area contributed by atoms with E-state index in [1.807, 2.05) is 0 Å². The maximum absolute atomic E-state index is 11.5. The molecule has 0 saturated heterocycles. The van der Waals surface area contributed by atoms with Crippen molar-refractivity contribution in [2.75, 3.05) is 6.54 Å². The van der Waals surface area contributed by atoms with Crippen LogP contribution < -0.4 is 5.32 Å². The van der Waals surface area contributed by atoms with Crippen LogP contribution >= 0.6 is 0 Å². The van der Waals surface area contributed by atoms with Crippen LogP contribution in [0.4, 0.5) is 0 Å². The molecule has 0 fully saturated rings. The predicted molar refractivity (Wildman–Crippen MR) is 118 cm³/mol. The largest absolute Gasteiger partial charge is 0.392 e. The molecule has 2 N–H and O–H groups in total. The van der Waals surface area contributed by atoms with Crippen LogP contribution in [0.3, 0.4) is 0 Å². The highest BCUT2D eigenvalue weighted by atomic mass is 16.3. The van der Waals surface area contributed by atoms with Gasteiger partial charge in [-0.2, -0.15) is 0 Å². The van der Waals surface area contributed by atoms with Crippen LogP contribution in [0.15, 0.2) is 0 Å². The van der Waals surface area contributed by atoms with Gasteiger partial charge in [-0.15, -0.1) is 0 Å². The highest BCUT2D eigenvalue weighted by molar-refractivity contribution is 5.75. The van der Waals surface area contributed by atoms with E-state index in [0.29, 0.717) is 13.0 Å². The zero-order chi connectivity index (χ0) is 20.0. The molecule has 0 spiro atoms. The minimum absolute atomic E-state index is 0.0763. The van der Waals surface area contributed by atoms with Crippen molar-refractivity contribution < 1.29 is 9.90 Å². The maximum Gasteiger partial charge on any atom is 0.220 e. The molecule has 0 aliphatic carbocycles. The number of amides is 1. The number of hydrogen-bond donors (Lipinski definition) is 2. The molecule has 0 rings (SSSR count). The second kappa shape index (κ2) is 21.7. The third kappa shape index (κ3) is 23.4. The SMILES string of the molecule is CCCCCCCCCCCCCCCCCCCCC(=O)NCC(C)O. The van der Waals surface area contributed by atoms with Crippen molar-refractivity contribution in [1.29, 1.82) is 0 Å². The van der Waals surface area contributed by atoms with Crippen molar-refractivity contribution in [3.63, 3.8) is 0 Å². The fourth-order valence-corrected chi connectivity index (χ4v) is 3.54. The molecule has 0 bridgehead atoms. The number of unbranched alkanes of at least 4 members (excludes halogenated alkanes) is 17. The predicted octanol–water partition coefficient (Wildman–Crippen LogP) is 6.92. The molecule has 0 aromatic carbocycles. The minimum Gasteiger partial charge on any atom is -0.392 e. The zero-order valence-corrected chi connectivity index (χ0v) is 18.6. The van der Waals surface area contributed by atoms with Gasteiger partial charge in [0, 0.05) is 13.0 Å². The number of rotatable bonds is 21. The summed E-state index contributed by atoms with van der Waals surface area (Å²) in [5.74, 6) is 0.0763. The minimum atomic E-state index is -0.450. The van der Waals surface area contributed by atoms with Gasteiger partial charge in [-0.3, -0.25) is 4.79 Å². The fraction of sp³-hybridized carbons (Fsp3) is 0.958. The first kappa shape index (κ1) is 26.4. The molecule has 0 heterocycles. The van der Waals surface area contributed by atoms with Crippen LogP contribution in [0.2, 0.25) is 0 Å². The average molecular weight is 384 g/mol.